The van der Waals surface area contributed by atoms with Crippen LogP contribution in [-0.4, -0.2) is 6.61 Å². The largest absolute Gasteiger partial charge is 0.494 e. The maximum Gasteiger partial charge on any atom is 0.119 e. The van der Waals surface area contributed by atoms with Gasteiger partial charge in [-0.2, -0.15) is 0 Å². The van der Waals surface area contributed by atoms with Gasteiger partial charge in [-0.05, 0) is 36.2 Å². The van der Waals surface area contributed by atoms with Crippen LogP contribution in [0, 0.1) is 0 Å². The molecule has 0 aliphatic carbocycles. The van der Waals surface area contributed by atoms with Gasteiger partial charge in [0, 0.05) is 4.88 Å². The van der Waals surface area contributed by atoms with Crippen LogP contribution in [-0.2, 0) is 0 Å². The second-order valence-electron chi connectivity index (χ2n) is 3.93. The first-order chi connectivity index (χ1) is 8.70. The Balaban J connectivity index is 2.17. The van der Waals surface area contributed by atoms with Gasteiger partial charge in [0.15, 0.2) is 0 Å². The molecule has 0 N–H and O–H groups in total. The lowest BCUT2D eigenvalue weighted by molar-refractivity contribution is 0.317. The standard InChI is InChI=1S/C14H14BrClOS/c1-2-8-17-11-5-3-4-10(9-11)14(15)12-6-7-13(16)18-12/h3-7,9,14H,2,8H2,1H3. The molecule has 1 atom stereocenters. The molecular weight excluding hydrogens is 332 g/mol. The van der Waals surface area contributed by atoms with E-state index in [1.54, 1.807) is 11.3 Å². The summed E-state index contributed by atoms with van der Waals surface area (Å²) in [4.78, 5) is 1.37. The van der Waals surface area contributed by atoms with Gasteiger partial charge in [0.25, 0.3) is 0 Å². The van der Waals surface area contributed by atoms with Crippen molar-refractivity contribution >= 4 is 38.9 Å². The summed E-state index contributed by atoms with van der Waals surface area (Å²) in [7, 11) is 0. The van der Waals surface area contributed by atoms with E-state index < -0.39 is 0 Å². The number of thiophene rings is 1. The maximum absolute atomic E-state index is 5.96. The molecule has 0 radical (unpaired) electrons. The molecular formula is C14H14BrClOS. The molecule has 4 heteroatoms. The number of benzene rings is 1. The Hall–Kier alpha value is -0.510. The maximum atomic E-state index is 5.96. The first kappa shape index (κ1) is 13.9. The molecule has 2 rings (SSSR count). The van der Waals surface area contributed by atoms with Crippen molar-refractivity contribution in [1.29, 1.82) is 0 Å². The lowest BCUT2D eigenvalue weighted by atomic mass is 10.1. The molecule has 0 bridgehead atoms. The fraction of sp³-hybridized carbons (Fsp3) is 0.286. The predicted octanol–water partition coefficient (Wildman–Crippen LogP) is 5.67. The molecule has 1 aromatic heterocycles. The van der Waals surface area contributed by atoms with Crippen LogP contribution in [0.2, 0.25) is 4.34 Å². The molecule has 0 saturated heterocycles. The highest BCUT2D eigenvalue weighted by Gasteiger charge is 2.13. The van der Waals surface area contributed by atoms with E-state index in [9.17, 15) is 0 Å². The van der Waals surface area contributed by atoms with Gasteiger partial charge in [0.1, 0.15) is 5.75 Å². The number of hydrogen-bond acceptors (Lipinski definition) is 2. The minimum absolute atomic E-state index is 0.167. The molecule has 0 aliphatic rings. The van der Waals surface area contributed by atoms with Gasteiger partial charge in [-0.25, -0.2) is 0 Å². The van der Waals surface area contributed by atoms with Crippen molar-refractivity contribution in [2.75, 3.05) is 6.61 Å². The summed E-state index contributed by atoms with van der Waals surface area (Å²) in [6.07, 6.45) is 1.02. The van der Waals surface area contributed by atoms with Crippen LogP contribution in [0.5, 0.6) is 5.75 Å². The quantitative estimate of drug-likeness (QED) is 0.634. The summed E-state index contributed by atoms with van der Waals surface area (Å²) >= 11 is 11.3. The van der Waals surface area contributed by atoms with Crippen LogP contribution in [0.25, 0.3) is 0 Å². The topological polar surface area (TPSA) is 9.23 Å². The third-order valence-electron chi connectivity index (χ3n) is 2.47. The minimum Gasteiger partial charge on any atom is -0.494 e. The molecule has 1 aromatic carbocycles. The second kappa shape index (κ2) is 6.60. The van der Waals surface area contributed by atoms with E-state index in [0.717, 1.165) is 23.1 Å². The van der Waals surface area contributed by atoms with Crippen LogP contribution in [0.1, 0.15) is 28.6 Å². The molecule has 18 heavy (non-hydrogen) atoms. The average Bonchev–Trinajstić information content (AvgIpc) is 2.82. The molecule has 0 aliphatic heterocycles. The van der Waals surface area contributed by atoms with Gasteiger partial charge in [-0.15, -0.1) is 11.3 Å². The van der Waals surface area contributed by atoms with Crippen molar-refractivity contribution < 1.29 is 4.74 Å². The van der Waals surface area contributed by atoms with Crippen LogP contribution in [0.3, 0.4) is 0 Å². The SMILES string of the molecule is CCCOc1cccc(C(Br)c2ccc(Cl)s2)c1. The van der Waals surface area contributed by atoms with E-state index in [4.69, 9.17) is 16.3 Å². The summed E-state index contributed by atoms with van der Waals surface area (Å²) in [6.45, 7) is 2.85. The van der Waals surface area contributed by atoms with E-state index in [1.807, 2.05) is 24.3 Å². The zero-order chi connectivity index (χ0) is 13.0. The van der Waals surface area contributed by atoms with Crippen LogP contribution < -0.4 is 4.74 Å². The number of halogens is 2. The zero-order valence-electron chi connectivity index (χ0n) is 10.0. The first-order valence-electron chi connectivity index (χ1n) is 5.82. The molecule has 0 fully saturated rings. The van der Waals surface area contributed by atoms with Gasteiger partial charge in [0.2, 0.25) is 0 Å². The van der Waals surface area contributed by atoms with E-state index in [0.29, 0.717) is 0 Å². The second-order valence-corrected chi connectivity index (χ2v) is 6.59. The van der Waals surface area contributed by atoms with Crippen molar-refractivity contribution in [1.82, 2.24) is 0 Å². The van der Waals surface area contributed by atoms with Crippen LogP contribution in [0.15, 0.2) is 36.4 Å². The van der Waals surface area contributed by atoms with E-state index >= 15 is 0 Å². The lowest BCUT2D eigenvalue weighted by Crippen LogP contribution is -1.96. The Labute approximate surface area is 125 Å². The third kappa shape index (κ3) is 3.50. The molecule has 1 heterocycles. The first-order valence-corrected chi connectivity index (χ1v) is 7.93. The Kier molecular flexibility index (Phi) is 5.10. The highest BCUT2D eigenvalue weighted by Crippen LogP contribution is 2.37. The Morgan fingerprint density at radius 2 is 2.17 bits per heavy atom. The Morgan fingerprint density at radius 1 is 1.33 bits per heavy atom. The third-order valence-corrected chi connectivity index (χ3v) is 5.09. The van der Waals surface area contributed by atoms with Gasteiger partial charge in [0.05, 0.1) is 15.8 Å². The fourth-order valence-electron chi connectivity index (χ4n) is 1.61. The Morgan fingerprint density at radius 3 is 2.83 bits per heavy atom. The van der Waals surface area contributed by atoms with Gasteiger partial charge >= 0.3 is 0 Å². The summed E-state index contributed by atoms with van der Waals surface area (Å²) in [6, 6.07) is 12.1. The van der Waals surface area contributed by atoms with Crippen LogP contribution in [0.4, 0.5) is 0 Å². The van der Waals surface area contributed by atoms with Gasteiger partial charge in [-0.1, -0.05) is 46.6 Å². The number of ether oxygens (including phenoxy) is 1. The van der Waals surface area contributed by atoms with E-state index in [2.05, 4.69) is 35.0 Å². The molecule has 1 nitrogen and oxygen atoms in total. The molecule has 2 aromatic rings. The molecule has 0 saturated carbocycles. The normalized spacial score (nSPS) is 12.4. The van der Waals surface area contributed by atoms with Crippen LogP contribution >= 0.6 is 38.9 Å². The summed E-state index contributed by atoms with van der Waals surface area (Å²) < 4.78 is 6.46. The number of hydrogen-bond donors (Lipinski definition) is 0. The van der Waals surface area contributed by atoms with E-state index in [1.165, 1.54) is 10.4 Å². The predicted molar refractivity (Wildman–Crippen MR) is 82.3 cm³/mol. The lowest BCUT2D eigenvalue weighted by Gasteiger charge is -2.10. The highest BCUT2D eigenvalue weighted by atomic mass is 79.9. The van der Waals surface area contributed by atoms with Gasteiger partial charge < -0.3 is 4.74 Å². The van der Waals surface area contributed by atoms with Crippen molar-refractivity contribution in [3.8, 4) is 5.75 Å². The molecule has 1 unspecified atom stereocenters. The smallest absolute Gasteiger partial charge is 0.119 e. The van der Waals surface area contributed by atoms with Crippen molar-refractivity contribution in [3.05, 3.63) is 51.2 Å². The highest BCUT2D eigenvalue weighted by molar-refractivity contribution is 9.09. The summed E-state index contributed by atoms with van der Waals surface area (Å²) in [5, 5.41) is 0. The molecule has 0 spiro atoms. The zero-order valence-corrected chi connectivity index (χ0v) is 13.2. The van der Waals surface area contributed by atoms with Crippen molar-refractivity contribution in [2.45, 2.75) is 18.2 Å². The monoisotopic (exact) mass is 344 g/mol. The fourth-order valence-corrected chi connectivity index (χ4v) is 3.40. The summed E-state index contributed by atoms with van der Waals surface area (Å²) in [5.74, 6) is 0.918. The van der Waals surface area contributed by atoms with Crippen molar-refractivity contribution in [3.63, 3.8) is 0 Å². The Bertz CT molecular complexity index is 512. The number of alkyl halides is 1. The van der Waals surface area contributed by atoms with E-state index in [-0.39, 0.29) is 4.83 Å². The van der Waals surface area contributed by atoms with Crippen molar-refractivity contribution in [2.24, 2.45) is 0 Å². The van der Waals surface area contributed by atoms with Gasteiger partial charge in [-0.3, -0.25) is 0 Å². The number of rotatable bonds is 5. The average molecular weight is 346 g/mol. The molecule has 96 valence electrons. The molecule has 0 amide bonds. The summed E-state index contributed by atoms with van der Waals surface area (Å²) in [5.41, 5.74) is 1.18. The minimum atomic E-state index is 0.167.